The third kappa shape index (κ3) is 3.96. The number of hydrogen-bond acceptors (Lipinski definition) is 4. The monoisotopic (exact) mass is 382 g/mol. The summed E-state index contributed by atoms with van der Waals surface area (Å²) in [6.07, 6.45) is -5.02. The maximum Gasteiger partial charge on any atom is 0.573 e. The van der Waals surface area contributed by atoms with Gasteiger partial charge in [-0.25, -0.2) is 18.5 Å². The Kier molecular flexibility index (Phi) is 3.88. The van der Waals surface area contributed by atoms with Crippen LogP contribution in [0.15, 0.2) is 11.0 Å². The second-order valence-electron chi connectivity index (χ2n) is 2.95. The average Bonchev–Trinajstić information content (AvgIpc) is 2.05. The second kappa shape index (κ2) is 4.57. The summed E-state index contributed by atoms with van der Waals surface area (Å²) in [7, 11) is -4.32. The largest absolute Gasteiger partial charge is 0.573 e. The van der Waals surface area contributed by atoms with Gasteiger partial charge in [0.15, 0.2) is 5.75 Å². The minimum Gasteiger partial charge on any atom is -0.402 e. The predicted octanol–water partition coefficient (Wildman–Crippen LogP) is 1.54. The van der Waals surface area contributed by atoms with E-state index in [2.05, 4.69) is 9.72 Å². The van der Waals surface area contributed by atoms with Gasteiger partial charge in [-0.3, -0.25) is 0 Å². The van der Waals surface area contributed by atoms with E-state index in [1.807, 2.05) is 0 Å². The molecule has 96 valence electrons. The van der Waals surface area contributed by atoms with E-state index in [9.17, 15) is 21.6 Å². The highest BCUT2D eigenvalue weighted by molar-refractivity contribution is 14.1. The van der Waals surface area contributed by atoms with Gasteiger partial charge in [-0.2, -0.15) is 0 Å². The van der Waals surface area contributed by atoms with Crippen molar-refractivity contribution in [2.45, 2.75) is 18.2 Å². The van der Waals surface area contributed by atoms with Gasteiger partial charge < -0.3 is 4.74 Å². The summed E-state index contributed by atoms with van der Waals surface area (Å²) in [4.78, 5) is 2.93. The van der Waals surface area contributed by atoms with Crippen molar-refractivity contribution in [1.82, 2.24) is 4.98 Å². The zero-order chi connectivity index (χ0) is 13.4. The van der Waals surface area contributed by atoms with Gasteiger partial charge in [0.2, 0.25) is 10.0 Å². The van der Waals surface area contributed by atoms with Crippen LogP contribution in [0.5, 0.6) is 5.75 Å². The lowest BCUT2D eigenvalue weighted by Gasteiger charge is -2.14. The highest BCUT2D eigenvalue weighted by atomic mass is 127. The fourth-order valence-electron chi connectivity index (χ4n) is 1.05. The Hall–Kier alpha value is -0.620. The Morgan fingerprint density at radius 2 is 2.00 bits per heavy atom. The fraction of sp³-hybridized carbons (Fsp3) is 0.286. The smallest absolute Gasteiger partial charge is 0.402 e. The summed E-state index contributed by atoms with van der Waals surface area (Å²) in [6, 6.07) is 0.907. The minimum atomic E-state index is -5.02. The number of aryl methyl sites for hydroxylation is 1. The quantitative estimate of drug-likeness (QED) is 0.622. The van der Waals surface area contributed by atoms with Crippen molar-refractivity contribution in [1.29, 1.82) is 0 Å². The van der Waals surface area contributed by atoms with E-state index in [1.54, 1.807) is 22.6 Å². The lowest BCUT2D eigenvalue weighted by molar-refractivity contribution is -0.275. The molecule has 1 heterocycles. The number of pyridine rings is 1. The first kappa shape index (κ1) is 14.4. The number of nitrogens with two attached hydrogens (primary N) is 1. The number of primary sulfonamides is 1. The summed E-state index contributed by atoms with van der Waals surface area (Å²) in [5.41, 5.74) is -0.210. The molecule has 17 heavy (non-hydrogen) atoms. The van der Waals surface area contributed by atoms with Crippen LogP contribution in [-0.4, -0.2) is 19.8 Å². The van der Waals surface area contributed by atoms with Crippen LogP contribution in [0.4, 0.5) is 13.2 Å². The third-order valence-corrected chi connectivity index (χ3v) is 3.07. The molecule has 1 rings (SSSR count). The average molecular weight is 382 g/mol. The van der Waals surface area contributed by atoms with E-state index < -0.39 is 27.0 Å². The molecule has 0 unspecified atom stereocenters. The molecule has 0 saturated heterocycles. The number of sulfonamides is 1. The van der Waals surface area contributed by atoms with Gasteiger partial charge in [-0.15, -0.1) is 13.2 Å². The van der Waals surface area contributed by atoms with Crippen LogP contribution < -0.4 is 9.88 Å². The molecule has 0 aromatic carbocycles. The maximum atomic E-state index is 12.1. The molecule has 0 fully saturated rings. The van der Waals surface area contributed by atoms with Crippen LogP contribution in [0.2, 0.25) is 0 Å². The van der Waals surface area contributed by atoms with Crippen molar-refractivity contribution in [2.75, 3.05) is 0 Å². The molecule has 0 bridgehead atoms. The van der Waals surface area contributed by atoms with E-state index in [-0.39, 0.29) is 9.39 Å². The Morgan fingerprint density at radius 1 is 1.47 bits per heavy atom. The van der Waals surface area contributed by atoms with Gasteiger partial charge in [0, 0.05) is 0 Å². The molecule has 0 saturated carbocycles. The molecule has 0 amide bonds. The van der Waals surface area contributed by atoms with Crippen LogP contribution in [0, 0.1) is 10.6 Å². The number of aromatic nitrogens is 1. The summed E-state index contributed by atoms with van der Waals surface area (Å²) in [5.74, 6) is -0.902. The normalized spacial score (nSPS) is 12.6. The molecule has 1 aromatic heterocycles. The second-order valence-corrected chi connectivity index (χ2v) is 5.59. The molecule has 1 aromatic rings. The number of ether oxygens (including phenoxy) is 1. The zero-order valence-corrected chi connectivity index (χ0v) is 11.2. The van der Waals surface area contributed by atoms with E-state index in [4.69, 9.17) is 5.14 Å². The SMILES string of the molecule is Cc1nc(I)cc(S(N)(=O)=O)c1OC(F)(F)F. The Morgan fingerprint density at radius 3 is 2.41 bits per heavy atom. The van der Waals surface area contributed by atoms with Crippen LogP contribution >= 0.6 is 22.6 Å². The Labute approximate surface area is 108 Å². The summed E-state index contributed by atoms with van der Waals surface area (Å²) in [6.45, 7) is 1.19. The van der Waals surface area contributed by atoms with Gasteiger partial charge in [-0.05, 0) is 35.6 Å². The zero-order valence-electron chi connectivity index (χ0n) is 8.25. The first-order valence-electron chi connectivity index (χ1n) is 3.96. The van der Waals surface area contributed by atoms with Gasteiger partial charge in [0.05, 0.1) is 5.69 Å². The van der Waals surface area contributed by atoms with E-state index in [1.165, 1.54) is 6.92 Å². The summed E-state index contributed by atoms with van der Waals surface area (Å²) in [5, 5.41) is 4.81. The number of nitrogens with zero attached hydrogens (tertiary/aromatic N) is 1. The molecule has 0 spiro atoms. The van der Waals surface area contributed by atoms with Crippen LogP contribution in [0.1, 0.15) is 5.69 Å². The molecule has 0 aliphatic heterocycles. The Balaban J connectivity index is 3.47. The predicted molar refractivity (Wildman–Crippen MR) is 59.7 cm³/mol. The number of alkyl halides is 3. The highest BCUT2D eigenvalue weighted by Crippen LogP contribution is 2.32. The summed E-state index contributed by atoms with van der Waals surface area (Å²) >= 11 is 1.66. The first-order chi connectivity index (χ1) is 7.50. The molecular formula is C7H6F3IN2O3S. The minimum absolute atomic E-state index is 0.193. The van der Waals surface area contributed by atoms with Crippen molar-refractivity contribution in [2.24, 2.45) is 5.14 Å². The van der Waals surface area contributed by atoms with Gasteiger partial charge in [0.1, 0.15) is 8.60 Å². The van der Waals surface area contributed by atoms with Gasteiger partial charge in [0.25, 0.3) is 0 Å². The van der Waals surface area contributed by atoms with Crippen molar-refractivity contribution in [3.8, 4) is 5.75 Å². The third-order valence-electron chi connectivity index (χ3n) is 1.60. The van der Waals surface area contributed by atoms with E-state index in [0.717, 1.165) is 6.07 Å². The van der Waals surface area contributed by atoms with Crippen molar-refractivity contribution >= 4 is 32.6 Å². The molecule has 0 radical (unpaired) electrons. The molecule has 0 aliphatic carbocycles. The van der Waals surface area contributed by atoms with Gasteiger partial charge in [-0.1, -0.05) is 0 Å². The first-order valence-corrected chi connectivity index (χ1v) is 6.59. The van der Waals surface area contributed by atoms with Gasteiger partial charge >= 0.3 is 6.36 Å². The standard InChI is InChI=1S/C7H6F3IN2O3S/c1-3-6(16-7(8,9)10)4(17(12,14)15)2-5(11)13-3/h2H,1H3,(H2,12,14,15). The lowest BCUT2D eigenvalue weighted by atomic mass is 10.3. The number of hydrogen-bond donors (Lipinski definition) is 1. The molecule has 0 atom stereocenters. The van der Waals surface area contributed by atoms with E-state index in [0.29, 0.717) is 0 Å². The fourth-order valence-corrected chi connectivity index (χ4v) is 2.65. The maximum absolute atomic E-state index is 12.1. The topological polar surface area (TPSA) is 82.3 Å². The highest BCUT2D eigenvalue weighted by Gasteiger charge is 2.35. The van der Waals surface area contributed by atoms with Crippen molar-refractivity contribution < 1.29 is 26.3 Å². The van der Waals surface area contributed by atoms with E-state index >= 15 is 0 Å². The molecule has 5 nitrogen and oxygen atoms in total. The van der Waals surface area contributed by atoms with Crippen molar-refractivity contribution in [3.63, 3.8) is 0 Å². The number of rotatable bonds is 2. The molecule has 10 heteroatoms. The number of halogens is 4. The molecule has 2 N–H and O–H groups in total. The van der Waals surface area contributed by atoms with Crippen LogP contribution in [0.3, 0.4) is 0 Å². The summed E-state index contributed by atoms with van der Waals surface area (Å²) < 4.78 is 62.4. The van der Waals surface area contributed by atoms with Crippen LogP contribution in [0.25, 0.3) is 0 Å². The van der Waals surface area contributed by atoms with Crippen molar-refractivity contribution in [3.05, 3.63) is 15.5 Å². The lowest BCUT2D eigenvalue weighted by Crippen LogP contribution is -2.22. The molecule has 0 aliphatic rings. The Bertz CT molecular complexity index is 544. The molecular weight excluding hydrogens is 376 g/mol. The van der Waals surface area contributed by atoms with Crippen LogP contribution in [-0.2, 0) is 10.0 Å².